The molecule has 2 aromatic rings. The molecule has 23 heavy (non-hydrogen) atoms. The van der Waals surface area contributed by atoms with Gasteiger partial charge in [-0.2, -0.15) is 0 Å². The maximum atomic E-state index is 12.7. The highest BCUT2D eigenvalue weighted by Crippen LogP contribution is 2.19. The molecule has 0 aliphatic carbocycles. The number of hydrogen-bond acceptors (Lipinski definition) is 3. The Morgan fingerprint density at radius 3 is 2.57 bits per heavy atom. The van der Waals surface area contributed by atoms with E-state index in [0.717, 1.165) is 48.6 Å². The fraction of sp³-hybridized carbons (Fsp3) is 0.368. The van der Waals surface area contributed by atoms with Crippen LogP contribution >= 0.6 is 0 Å². The number of anilines is 2. The van der Waals surface area contributed by atoms with Gasteiger partial charge in [0.05, 0.1) is 0 Å². The van der Waals surface area contributed by atoms with Crippen molar-refractivity contribution < 1.29 is 4.79 Å². The molecule has 1 aromatic heterocycles. The number of hydrogen-bond donors (Lipinski definition) is 1. The third kappa shape index (κ3) is 4.09. The predicted octanol–water partition coefficient (Wildman–Crippen LogP) is 4.15. The lowest BCUT2D eigenvalue weighted by atomic mass is 10.1. The van der Waals surface area contributed by atoms with E-state index in [1.54, 1.807) is 0 Å². The predicted molar refractivity (Wildman–Crippen MR) is 93.1 cm³/mol. The third-order valence-corrected chi connectivity index (χ3v) is 4.19. The highest BCUT2D eigenvalue weighted by atomic mass is 16.2. The van der Waals surface area contributed by atoms with Crippen molar-refractivity contribution in [2.24, 2.45) is 0 Å². The summed E-state index contributed by atoms with van der Waals surface area (Å²) in [5, 5.41) is 3.26. The Morgan fingerprint density at radius 2 is 1.87 bits per heavy atom. The second-order valence-corrected chi connectivity index (χ2v) is 6.13. The van der Waals surface area contributed by atoms with Crippen molar-refractivity contribution in [1.29, 1.82) is 0 Å². The molecule has 0 atom stereocenters. The molecule has 0 unspecified atom stereocenters. The van der Waals surface area contributed by atoms with Gasteiger partial charge in [0.2, 0.25) is 0 Å². The van der Waals surface area contributed by atoms with Crippen LogP contribution in [0.4, 0.5) is 11.5 Å². The van der Waals surface area contributed by atoms with Gasteiger partial charge in [-0.3, -0.25) is 4.79 Å². The van der Waals surface area contributed by atoms with Gasteiger partial charge in [-0.1, -0.05) is 25.0 Å². The number of amides is 1. The standard InChI is InChI=1S/C19H23N3O/c1-15-9-10-18(20-14-15)21-17-8-6-7-16(13-17)19(23)22-11-4-2-3-5-12-22/h6-10,13-14H,2-5,11-12H2,1H3,(H,20,21). The Balaban J connectivity index is 1.73. The van der Waals surface area contributed by atoms with Gasteiger partial charge < -0.3 is 10.2 Å². The van der Waals surface area contributed by atoms with E-state index >= 15 is 0 Å². The second-order valence-electron chi connectivity index (χ2n) is 6.13. The minimum absolute atomic E-state index is 0.132. The summed E-state index contributed by atoms with van der Waals surface area (Å²) < 4.78 is 0. The summed E-state index contributed by atoms with van der Waals surface area (Å²) in [7, 11) is 0. The molecule has 1 saturated heterocycles. The van der Waals surface area contributed by atoms with Crippen molar-refractivity contribution in [3.05, 3.63) is 53.7 Å². The zero-order valence-electron chi connectivity index (χ0n) is 13.6. The monoisotopic (exact) mass is 309 g/mol. The van der Waals surface area contributed by atoms with Crippen LogP contribution in [0.5, 0.6) is 0 Å². The van der Waals surface area contributed by atoms with Crippen molar-refractivity contribution >= 4 is 17.4 Å². The Labute approximate surface area is 137 Å². The SMILES string of the molecule is Cc1ccc(Nc2cccc(C(=O)N3CCCCCC3)c2)nc1. The van der Waals surface area contributed by atoms with Crippen molar-refractivity contribution in [2.75, 3.05) is 18.4 Å². The normalized spacial score (nSPS) is 15.1. The highest BCUT2D eigenvalue weighted by Gasteiger charge is 2.17. The first-order chi connectivity index (χ1) is 11.2. The van der Waals surface area contributed by atoms with Gasteiger partial charge in [-0.15, -0.1) is 0 Å². The summed E-state index contributed by atoms with van der Waals surface area (Å²) in [6.07, 6.45) is 6.50. The van der Waals surface area contributed by atoms with Gasteiger partial charge in [0.1, 0.15) is 5.82 Å². The number of nitrogens with zero attached hydrogens (tertiary/aromatic N) is 2. The number of pyridine rings is 1. The average molecular weight is 309 g/mol. The summed E-state index contributed by atoms with van der Waals surface area (Å²) >= 11 is 0. The van der Waals surface area contributed by atoms with Gasteiger partial charge in [0.25, 0.3) is 5.91 Å². The van der Waals surface area contributed by atoms with Crippen LogP contribution in [0.15, 0.2) is 42.6 Å². The molecule has 1 aliphatic rings. The number of carbonyl (C=O) groups is 1. The number of likely N-dealkylation sites (tertiary alicyclic amines) is 1. The summed E-state index contributed by atoms with van der Waals surface area (Å²) in [5.41, 5.74) is 2.76. The van der Waals surface area contributed by atoms with Crippen molar-refractivity contribution in [3.63, 3.8) is 0 Å². The Hall–Kier alpha value is -2.36. The molecule has 1 amide bonds. The number of nitrogens with one attached hydrogen (secondary N) is 1. The van der Waals surface area contributed by atoms with Crippen LogP contribution in [-0.2, 0) is 0 Å². The first-order valence-corrected chi connectivity index (χ1v) is 8.31. The molecule has 4 nitrogen and oxygen atoms in total. The van der Waals surface area contributed by atoms with Crippen LogP contribution in [0, 0.1) is 6.92 Å². The van der Waals surface area contributed by atoms with E-state index in [1.807, 2.05) is 54.4 Å². The molecule has 1 aliphatic heterocycles. The Bertz CT molecular complexity index is 659. The molecule has 0 spiro atoms. The van der Waals surface area contributed by atoms with Gasteiger partial charge >= 0.3 is 0 Å². The van der Waals surface area contributed by atoms with Crippen LogP contribution in [0.3, 0.4) is 0 Å². The molecule has 2 heterocycles. The van der Waals surface area contributed by atoms with E-state index in [1.165, 1.54) is 12.8 Å². The second kappa shape index (κ2) is 7.27. The van der Waals surface area contributed by atoms with Crippen LogP contribution < -0.4 is 5.32 Å². The molecule has 1 aromatic carbocycles. The fourth-order valence-corrected chi connectivity index (χ4v) is 2.88. The molecule has 0 saturated carbocycles. The van der Waals surface area contributed by atoms with E-state index in [-0.39, 0.29) is 5.91 Å². The van der Waals surface area contributed by atoms with Crippen LogP contribution in [-0.4, -0.2) is 28.9 Å². The summed E-state index contributed by atoms with van der Waals surface area (Å²) in [5.74, 6) is 0.919. The lowest BCUT2D eigenvalue weighted by molar-refractivity contribution is 0.0761. The van der Waals surface area contributed by atoms with Gasteiger partial charge in [-0.25, -0.2) is 4.98 Å². The number of aromatic nitrogens is 1. The molecule has 1 fully saturated rings. The molecule has 0 radical (unpaired) electrons. The largest absolute Gasteiger partial charge is 0.340 e. The first kappa shape index (κ1) is 15.5. The molecular weight excluding hydrogens is 286 g/mol. The summed E-state index contributed by atoms with van der Waals surface area (Å²) in [6.45, 7) is 3.75. The summed E-state index contributed by atoms with van der Waals surface area (Å²) in [6, 6.07) is 11.6. The minimum Gasteiger partial charge on any atom is -0.340 e. The molecule has 1 N–H and O–H groups in total. The van der Waals surface area contributed by atoms with Crippen molar-refractivity contribution in [3.8, 4) is 0 Å². The zero-order valence-corrected chi connectivity index (χ0v) is 13.6. The van der Waals surface area contributed by atoms with Gasteiger partial charge in [0, 0.05) is 30.5 Å². The van der Waals surface area contributed by atoms with E-state index < -0.39 is 0 Å². The number of rotatable bonds is 3. The maximum absolute atomic E-state index is 12.7. The van der Waals surface area contributed by atoms with Crippen LogP contribution in [0.1, 0.15) is 41.6 Å². The van der Waals surface area contributed by atoms with E-state index in [2.05, 4.69) is 10.3 Å². The molecule has 3 rings (SSSR count). The average Bonchev–Trinajstić information content (AvgIpc) is 2.86. The zero-order chi connectivity index (χ0) is 16.1. The molecule has 120 valence electrons. The molecule has 4 heteroatoms. The highest BCUT2D eigenvalue weighted by molar-refractivity contribution is 5.95. The first-order valence-electron chi connectivity index (χ1n) is 8.31. The van der Waals surface area contributed by atoms with Crippen LogP contribution in [0.2, 0.25) is 0 Å². The maximum Gasteiger partial charge on any atom is 0.253 e. The molecule has 0 bridgehead atoms. The van der Waals surface area contributed by atoms with Gasteiger partial charge in [-0.05, 0) is 49.6 Å². The van der Waals surface area contributed by atoms with Gasteiger partial charge in [0.15, 0.2) is 0 Å². The van der Waals surface area contributed by atoms with E-state index in [4.69, 9.17) is 0 Å². The number of aryl methyl sites for hydroxylation is 1. The topological polar surface area (TPSA) is 45.2 Å². The fourth-order valence-electron chi connectivity index (χ4n) is 2.88. The van der Waals surface area contributed by atoms with E-state index in [0.29, 0.717) is 0 Å². The van der Waals surface area contributed by atoms with Crippen LogP contribution in [0.25, 0.3) is 0 Å². The lowest BCUT2D eigenvalue weighted by Gasteiger charge is -2.20. The minimum atomic E-state index is 0.132. The van der Waals surface area contributed by atoms with Crippen molar-refractivity contribution in [2.45, 2.75) is 32.6 Å². The Kier molecular flexibility index (Phi) is 4.91. The van der Waals surface area contributed by atoms with E-state index in [9.17, 15) is 4.79 Å². The molecular formula is C19H23N3O. The third-order valence-electron chi connectivity index (χ3n) is 4.19. The Morgan fingerprint density at radius 1 is 1.09 bits per heavy atom. The van der Waals surface area contributed by atoms with Crippen molar-refractivity contribution in [1.82, 2.24) is 9.88 Å². The number of benzene rings is 1. The lowest BCUT2D eigenvalue weighted by Crippen LogP contribution is -2.31. The quantitative estimate of drug-likeness (QED) is 0.926. The number of carbonyl (C=O) groups excluding carboxylic acids is 1. The summed E-state index contributed by atoms with van der Waals surface area (Å²) in [4.78, 5) is 19.0. The smallest absolute Gasteiger partial charge is 0.253 e.